The van der Waals surface area contributed by atoms with Crippen LogP contribution in [0, 0.1) is 5.82 Å². The lowest BCUT2D eigenvalue weighted by molar-refractivity contribution is -0.0185. The average molecular weight is 400 g/mol. The van der Waals surface area contributed by atoms with E-state index >= 15 is 0 Å². The zero-order valence-electron chi connectivity index (χ0n) is 14.1. The largest absolute Gasteiger partial charge is 0.487 e. The fourth-order valence-electron chi connectivity index (χ4n) is 3.29. The number of carbonyl (C=O) groups excluding carboxylic acids is 1. The molecule has 0 saturated carbocycles. The summed E-state index contributed by atoms with van der Waals surface area (Å²) in [5.41, 5.74) is 0.743. The minimum Gasteiger partial charge on any atom is -0.487 e. The Bertz CT molecular complexity index is 629. The number of likely N-dealkylation sites (tertiary alicyclic amines) is 1. The molecule has 0 bridgehead atoms. The number of benzene rings is 1. The maximum atomic E-state index is 13.8. The Hall–Kier alpha value is -1.30. The van der Waals surface area contributed by atoms with E-state index in [4.69, 9.17) is 9.47 Å². The lowest BCUT2D eigenvalue weighted by atomic mass is 9.83. The van der Waals surface area contributed by atoms with Crippen LogP contribution in [0.25, 0.3) is 0 Å². The van der Waals surface area contributed by atoms with Crippen molar-refractivity contribution in [2.75, 3.05) is 13.1 Å². The standard InChI is InChI=1S/C18H23BrFNO3/c1-3-12(2)23-17(22)21-8-6-18(7-9-21)5-4-13-10-14(19)15(20)11-16(13)24-18/h10-12H,3-9H2,1-2H3. The van der Waals surface area contributed by atoms with Gasteiger partial charge in [-0.25, -0.2) is 9.18 Å². The molecule has 0 N–H and O–H groups in total. The maximum Gasteiger partial charge on any atom is 0.410 e. The summed E-state index contributed by atoms with van der Waals surface area (Å²) in [6.07, 6.45) is 3.76. The Morgan fingerprint density at radius 2 is 2.12 bits per heavy atom. The van der Waals surface area contributed by atoms with Gasteiger partial charge in [0.2, 0.25) is 0 Å². The molecule has 0 aromatic heterocycles. The molecule has 6 heteroatoms. The van der Waals surface area contributed by atoms with Gasteiger partial charge in [0.05, 0.1) is 4.47 Å². The number of ether oxygens (including phenoxy) is 2. The van der Waals surface area contributed by atoms with E-state index in [1.807, 2.05) is 13.8 Å². The van der Waals surface area contributed by atoms with Gasteiger partial charge < -0.3 is 14.4 Å². The van der Waals surface area contributed by atoms with Gasteiger partial charge in [0.25, 0.3) is 0 Å². The number of amides is 1. The number of halogens is 2. The Kier molecular flexibility index (Phi) is 5.04. The van der Waals surface area contributed by atoms with Gasteiger partial charge in [0.1, 0.15) is 23.3 Å². The first-order valence-electron chi connectivity index (χ1n) is 8.55. The van der Waals surface area contributed by atoms with Crippen LogP contribution in [0.3, 0.4) is 0 Å². The van der Waals surface area contributed by atoms with E-state index < -0.39 is 0 Å². The molecule has 2 aliphatic rings. The van der Waals surface area contributed by atoms with Crippen molar-refractivity contribution in [2.24, 2.45) is 0 Å². The van der Waals surface area contributed by atoms with Crippen LogP contribution in [-0.4, -0.2) is 35.8 Å². The third-order valence-electron chi connectivity index (χ3n) is 5.09. The Labute approximate surface area is 150 Å². The lowest BCUT2D eigenvalue weighted by Crippen LogP contribution is -2.51. The van der Waals surface area contributed by atoms with Crippen molar-refractivity contribution in [1.29, 1.82) is 0 Å². The minimum absolute atomic E-state index is 0.0624. The molecule has 1 atom stereocenters. The molecule has 4 nitrogen and oxygen atoms in total. The zero-order valence-corrected chi connectivity index (χ0v) is 15.7. The number of aryl methyl sites for hydroxylation is 1. The van der Waals surface area contributed by atoms with Gasteiger partial charge in [-0.05, 0) is 53.7 Å². The molecule has 132 valence electrons. The molecule has 2 heterocycles. The molecule has 0 radical (unpaired) electrons. The molecular weight excluding hydrogens is 377 g/mol. The highest BCUT2D eigenvalue weighted by Crippen LogP contribution is 2.41. The normalized spacial score (nSPS) is 20.2. The van der Waals surface area contributed by atoms with Crippen LogP contribution in [-0.2, 0) is 11.2 Å². The van der Waals surface area contributed by atoms with Crippen molar-refractivity contribution in [1.82, 2.24) is 4.90 Å². The van der Waals surface area contributed by atoms with Gasteiger partial charge >= 0.3 is 6.09 Å². The van der Waals surface area contributed by atoms with Crippen molar-refractivity contribution in [3.05, 3.63) is 28.0 Å². The summed E-state index contributed by atoms with van der Waals surface area (Å²) in [4.78, 5) is 13.9. The molecule has 3 rings (SSSR count). The number of piperidine rings is 1. The second kappa shape index (κ2) is 6.90. The Morgan fingerprint density at radius 3 is 2.79 bits per heavy atom. The molecule has 0 aliphatic carbocycles. The summed E-state index contributed by atoms with van der Waals surface area (Å²) >= 11 is 3.22. The number of nitrogens with zero attached hydrogens (tertiary/aromatic N) is 1. The fourth-order valence-corrected chi connectivity index (χ4v) is 3.68. The first-order chi connectivity index (χ1) is 11.4. The minimum atomic E-state index is -0.305. The summed E-state index contributed by atoms with van der Waals surface area (Å²) in [5.74, 6) is 0.331. The molecule has 1 spiro atoms. The van der Waals surface area contributed by atoms with Crippen LogP contribution in [0.4, 0.5) is 9.18 Å². The van der Waals surface area contributed by atoms with Gasteiger partial charge in [0.15, 0.2) is 0 Å². The summed E-state index contributed by atoms with van der Waals surface area (Å²) in [6, 6.07) is 3.26. The molecule has 1 fully saturated rings. The van der Waals surface area contributed by atoms with Crippen molar-refractivity contribution < 1.29 is 18.7 Å². The molecule has 1 saturated heterocycles. The fraction of sp³-hybridized carbons (Fsp3) is 0.611. The summed E-state index contributed by atoms with van der Waals surface area (Å²) in [7, 11) is 0. The summed E-state index contributed by atoms with van der Waals surface area (Å²) in [6.45, 7) is 5.12. The maximum absolute atomic E-state index is 13.8. The van der Waals surface area contributed by atoms with E-state index in [-0.39, 0.29) is 23.6 Å². The smallest absolute Gasteiger partial charge is 0.410 e. The van der Waals surface area contributed by atoms with Crippen LogP contribution in [0.2, 0.25) is 0 Å². The highest BCUT2D eigenvalue weighted by atomic mass is 79.9. The molecule has 1 aromatic carbocycles. The first kappa shape index (κ1) is 17.5. The van der Waals surface area contributed by atoms with Gasteiger partial charge in [-0.15, -0.1) is 0 Å². The third-order valence-corrected chi connectivity index (χ3v) is 5.70. The second-order valence-corrected chi connectivity index (χ2v) is 7.60. The van der Waals surface area contributed by atoms with Crippen LogP contribution in [0.5, 0.6) is 5.75 Å². The Morgan fingerprint density at radius 1 is 1.42 bits per heavy atom. The average Bonchev–Trinajstić information content (AvgIpc) is 2.57. The number of hydrogen-bond acceptors (Lipinski definition) is 3. The van der Waals surface area contributed by atoms with Crippen molar-refractivity contribution >= 4 is 22.0 Å². The SMILES string of the molecule is CCC(C)OC(=O)N1CCC2(CCc3cc(Br)c(F)cc3O2)CC1. The molecule has 2 aliphatic heterocycles. The predicted molar refractivity (Wildman–Crippen MR) is 92.8 cm³/mol. The molecule has 1 unspecified atom stereocenters. The molecular formula is C18H23BrFNO3. The quantitative estimate of drug-likeness (QED) is 0.724. The van der Waals surface area contributed by atoms with Gasteiger partial charge in [0, 0.05) is 32.0 Å². The highest BCUT2D eigenvalue weighted by molar-refractivity contribution is 9.10. The number of rotatable bonds is 2. The van der Waals surface area contributed by atoms with E-state index in [1.165, 1.54) is 6.07 Å². The highest BCUT2D eigenvalue weighted by Gasteiger charge is 2.41. The predicted octanol–water partition coefficient (Wildman–Crippen LogP) is 4.68. The van der Waals surface area contributed by atoms with E-state index in [9.17, 15) is 9.18 Å². The molecule has 1 amide bonds. The molecule has 1 aromatic rings. The lowest BCUT2D eigenvalue weighted by Gasteiger charge is -2.44. The van der Waals surface area contributed by atoms with Crippen LogP contribution in [0.15, 0.2) is 16.6 Å². The number of hydrogen-bond donors (Lipinski definition) is 0. The van der Waals surface area contributed by atoms with Crippen LogP contribution in [0.1, 0.15) is 45.1 Å². The molecule has 24 heavy (non-hydrogen) atoms. The monoisotopic (exact) mass is 399 g/mol. The summed E-state index contributed by atoms with van der Waals surface area (Å²) in [5, 5.41) is 0. The number of carbonyl (C=O) groups is 1. The van der Waals surface area contributed by atoms with E-state index in [0.29, 0.717) is 23.3 Å². The van der Waals surface area contributed by atoms with E-state index in [0.717, 1.165) is 37.7 Å². The zero-order chi connectivity index (χ0) is 17.3. The van der Waals surface area contributed by atoms with Gasteiger partial charge in [-0.1, -0.05) is 6.92 Å². The van der Waals surface area contributed by atoms with Crippen LogP contribution < -0.4 is 4.74 Å². The van der Waals surface area contributed by atoms with Crippen molar-refractivity contribution in [3.8, 4) is 5.75 Å². The van der Waals surface area contributed by atoms with E-state index in [1.54, 1.807) is 11.0 Å². The van der Waals surface area contributed by atoms with Crippen molar-refractivity contribution in [3.63, 3.8) is 0 Å². The van der Waals surface area contributed by atoms with Gasteiger partial charge in [-0.2, -0.15) is 0 Å². The topological polar surface area (TPSA) is 38.8 Å². The first-order valence-corrected chi connectivity index (χ1v) is 9.34. The summed E-state index contributed by atoms with van der Waals surface area (Å²) < 4.78 is 25.8. The van der Waals surface area contributed by atoms with Crippen molar-refractivity contribution in [2.45, 2.75) is 57.7 Å². The Balaban J connectivity index is 1.64. The van der Waals surface area contributed by atoms with Crippen LogP contribution >= 0.6 is 15.9 Å². The second-order valence-electron chi connectivity index (χ2n) is 6.75. The third kappa shape index (κ3) is 3.53. The van der Waals surface area contributed by atoms with Gasteiger partial charge in [-0.3, -0.25) is 0 Å². The van der Waals surface area contributed by atoms with E-state index in [2.05, 4.69) is 15.9 Å². The number of fused-ring (bicyclic) bond motifs is 1.